The van der Waals surface area contributed by atoms with Gasteiger partial charge >= 0.3 is 0 Å². The van der Waals surface area contributed by atoms with Crippen LogP contribution in [0.15, 0.2) is 40.8 Å². The summed E-state index contributed by atoms with van der Waals surface area (Å²) in [5.41, 5.74) is 6.74. The number of furan rings is 1. The van der Waals surface area contributed by atoms with Crippen LogP contribution in [0.5, 0.6) is 0 Å². The summed E-state index contributed by atoms with van der Waals surface area (Å²) < 4.78 is 8.69. The first-order valence-electron chi connectivity index (χ1n) is 9.69. The van der Waals surface area contributed by atoms with Crippen molar-refractivity contribution in [1.82, 2.24) is 4.57 Å². The molecule has 0 radical (unpaired) electrons. The SMILES string of the molecule is C1=Cc2oc3c(c2CC1)=CC(n1c2c(c4ccccc41)C=CCC2)CC=3. The van der Waals surface area contributed by atoms with Crippen molar-refractivity contribution >= 4 is 35.2 Å². The highest BCUT2D eigenvalue weighted by Gasteiger charge is 2.23. The van der Waals surface area contributed by atoms with Crippen LogP contribution in [-0.2, 0) is 12.8 Å². The maximum atomic E-state index is 6.10. The Morgan fingerprint density at radius 2 is 1.88 bits per heavy atom. The summed E-state index contributed by atoms with van der Waals surface area (Å²) in [6, 6.07) is 9.23. The highest BCUT2D eigenvalue weighted by molar-refractivity contribution is 5.92. The lowest BCUT2D eigenvalue weighted by Gasteiger charge is -2.21. The number of hydrogen-bond donors (Lipinski definition) is 0. The number of allylic oxidation sites excluding steroid dienone is 2. The van der Waals surface area contributed by atoms with E-state index >= 15 is 0 Å². The molecule has 3 aromatic rings. The first kappa shape index (κ1) is 14.4. The summed E-state index contributed by atoms with van der Waals surface area (Å²) in [5, 5.41) is 2.72. The molecule has 0 aliphatic heterocycles. The van der Waals surface area contributed by atoms with E-state index in [4.69, 9.17) is 4.42 Å². The van der Waals surface area contributed by atoms with E-state index in [0.717, 1.165) is 43.3 Å². The molecule has 2 aromatic heterocycles. The first-order valence-corrected chi connectivity index (χ1v) is 9.69. The molecule has 0 spiro atoms. The quantitative estimate of drug-likeness (QED) is 0.644. The van der Waals surface area contributed by atoms with Crippen molar-refractivity contribution in [2.45, 2.75) is 38.1 Å². The van der Waals surface area contributed by atoms with E-state index in [0.29, 0.717) is 6.04 Å². The van der Waals surface area contributed by atoms with E-state index < -0.39 is 0 Å². The second kappa shape index (κ2) is 5.38. The molecule has 1 aromatic carbocycles. The van der Waals surface area contributed by atoms with E-state index in [1.807, 2.05) is 0 Å². The highest BCUT2D eigenvalue weighted by Crippen LogP contribution is 2.35. The summed E-state index contributed by atoms with van der Waals surface area (Å²) in [4.78, 5) is 0. The molecule has 0 fully saturated rings. The average Bonchev–Trinajstić information content (AvgIpc) is 3.23. The van der Waals surface area contributed by atoms with E-state index in [9.17, 15) is 0 Å². The fourth-order valence-electron chi connectivity index (χ4n) is 4.91. The third-order valence-electron chi connectivity index (χ3n) is 6.06. The van der Waals surface area contributed by atoms with Crippen LogP contribution >= 0.6 is 0 Å². The van der Waals surface area contributed by atoms with Crippen molar-refractivity contribution in [2.24, 2.45) is 0 Å². The van der Waals surface area contributed by atoms with Crippen molar-refractivity contribution < 1.29 is 4.42 Å². The Kier molecular flexibility index (Phi) is 2.98. The van der Waals surface area contributed by atoms with Gasteiger partial charge in [0, 0.05) is 32.9 Å². The predicted molar refractivity (Wildman–Crippen MR) is 107 cm³/mol. The zero-order valence-corrected chi connectivity index (χ0v) is 14.7. The van der Waals surface area contributed by atoms with Gasteiger partial charge in [-0.05, 0) is 50.3 Å². The van der Waals surface area contributed by atoms with Crippen molar-refractivity contribution in [1.29, 1.82) is 0 Å². The van der Waals surface area contributed by atoms with Gasteiger partial charge in [0.15, 0.2) is 0 Å². The van der Waals surface area contributed by atoms with Gasteiger partial charge in [0.05, 0.1) is 6.04 Å². The minimum atomic E-state index is 0.371. The molecule has 0 saturated heterocycles. The second-order valence-corrected chi connectivity index (χ2v) is 7.53. The van der Waals surface area contributed by atoms with Gasteiger partial charge in [-0.15, -0.1) is 0 Å². The van der Waals surface area contributed by atoms with Gasteiger partial charge < -0.3 is 8.98 Å². The van der Waals surface area contributed by atoms with Gasteiger partial charge in [0.25, 0.3) is 0 Å². The Bertz CT molecular complexity index is 1220. The highest BCUT2D eigenvalue weighted by atomic mass is 16.3. The van der Waals surface area contributed by atoms with Crippen LogP contribution in [0, 0.1) is 0 Å². The Morgan fingerprint density at radius 1 is 1.00 bits per heavy atom. The lowest BCUT2D eigenvalue weighted by atomic mass is 9.98. The van der Waals surface area contributed by atoms with E-state index in [-0.39, 0.29) is 0 Å². The third kappa shape index (κ3) is 1.93. The fraction of sp³-hybridized carbons (Fsp3) is 0.250. The number of benzene rings is 1. The maximum Gasteiger partial charge on any atom is 0.131 e. The molecule has 26 heavy (non-hydrogen) atoms. The van der Waals surface area contributed by atoms with Crippen molar-refractivity contribution in [3.8, 4) is 0 Å². The Balaban J connectivity index is 1.60. The lowest BCUT2D eigenvalue weighted by molar-refractivity contribution is 0.510. The number of rotatable bonds is 1. The minimum absolute atomic E-state index is 0.371. The van der Waals surface area contributed by atoms with Gasteiger partial charge in [-0.3, -0.25) is 0 Å². The summed E-state index contributed by atoms with van der Waals surface area (Å²) in [6.07, 6.45) is 19.2. The van der Waals surface area contributed by atoms with Gasteiger partial charge in [0.1, 0.15) is 11.2 Å². The van der Waals surface area contributed by atoms with Crippen LogP contribution < -0.4 is 10.6 Å². The molecule has 1 unspecified atom stereocenters. The molecular formula is C24H21NO. The number of hydrogen-bond acceptors (Lipinski definition) is 1. The smallest absolute Gasteiger partial charge is 0.131 e. The summed E-state index contributed by atoms with van der Waals surface area (Å²) in [5.74, 6) is 1.07. The zero-order valence-electron chi connectivity index (χ0n) is 14.7. The number of aromatic nitrogens is 1. The Labute approximate surface area is 152 Å². The molecule has 2 heterocycles. The van der Waals surface area contributed by atoms with Crippen LogP contribution in [0.2, 0.25) is 0 Å². The number of para-hydroxylation sites is 1. The van der Waals surface area contributed by atoms with Crippen LogP contribution in [0.1, 0.15) is 47.9 Å². The molecule has 3 aliphatic rings. The van der Waals surface area contributed by atoms with Gasteiger partial charge in [-0.1, -0.05) is 42.5 Å². The predicted octanol–water partition coefficient (Wildman–Crippen LogP) is 4.36. The summed E-state index contributed by atoms with van der Waals surface area (Å²) in [6.45, 7) is 0. The topological polar surface area (TPSA) is 18.1 Å². The second-order valence-electron chi connectivity index (χ2n) is 7.53. The van der Waals surface area contributed by atoms with Crippen LogP contribution in [0.3, 0.4) is 0 Å². The average molecular weight is 339 g/mol. The van der Waals surface area contributed by atoms with E-state index in [2.05, 4.69) is 65.3 Å². The Hall–Kier alpha value is -2.74. The minimum Gasteiger partial charge on any atom is -0.457 e. The fourth-order valence-corrected chi connectivity index (χ4v) is 4.91. The largest absolute Gasteiger partial charge is 0.457 e. The summed E-state index contributed by atoms with van der Waals surface area (Å²) >= 11 is 0. The zero-order chi connectivity index (χ0) is 17.1. The summed E-state index contributed by atoms with van der Waals surface area (Å²) in [7, 11) is 0. The standard InChI is InChI=1S/C24H21NO/c1-4-10-21-17(7-1)18-8-2-5-11-22(18)25(21)16-13-14-24-20(15-16)19-9-3-6-12-23(19)26-24/h1-2,4,6-8,10,12,14-16H,3,5,9,11,13H2. The molecule has 0 amide bonds. The molecule has 0 bridgehead atoms. The van der Waals surface area contributed by atoms with E-state index in [1.54, 1.807) is 0 Å². The first-order chi connectivity index (χ1) is 12.9. The monoisotopic (exact) mass is 339 g/mol. The lowest BCUT2D eigenvalue weighted by Crippen LogP contribution is -2.29. The molecule has 2 heteroatoms. The van der Waals surface area contributed by atoms with E-state index in [1.165, 1.54) is 32.9 Å². The number of fused-ring (bicyclic) bond motifs is 6. The molecule has 2 nitrogen and oxygen atoms in total. The normalized spacial score (nSPS) is 20.2. The maximum absolute atomic E-state index is 6.10. The van der Waals surface area contributed by atoms with Crippen molar-refractivity contribution in [2.75, 3.05) is 0 Å². The van der Waals surface area contributed by atoms with Gasteiger partial charge in [-0.2, -0.15) is 0 Å². The van der Waals surface area contributed by atoms with Crippen molar-refractivity contribution in [3.05, 3.63) is 69.6 Å². The number of nitrogens with zero attached hydrogens (tertiary/aromatic N) is 1. The molecular weight excluding hydrogens is 318 g/mol. The Morgan fingerprint density at radius 3 is 2.88 bits per heavy atom. The molecule has 6 rings (SSSR count). The molecule has 1 atom stereocenters. The van der Waals surface area contributed by atoms with Crippen LogP contribution in [0.4, 0.5) is 0 Å². The third-order valence-corrected chi connectivity index (χ3v) is 6.06. The van der Waals surface area contributed by atoms with Crippen molar-refractivity contribution in [3.63, 3.8) is 0 Å². The van der Waals surface area contributed by atoms with Gasteiger partial charge in [0.2, 0.25) is 0 Å². The molecule has 128 valence electrons. The molecule has 0 N–H and O–H groups in total. The van der Waals surface area contributed by atoms with Crippen LogP contribution in [-0.4, -0.2) is 4.57 Å². The van der Waals surface area contributed by atoms with Crippen LogP contribution in [0.25, 0.3) is 35.2 Å². The molecule has 0 saturated carbocycles. The molecule has 3 aliphatic carbocycles. The van der Waals surface area contributed by atoms with Gasteiger partial charge in [-0.25, -0.2) is 0 Å².